The van der Waals surface area contributed by atoms with Crippen molar-refractivity contribution in [2.75, 3.05) is 7.11 Å². The topological polar surface area (TPSA) is 92.8 Å². The zero-order chi connectivity index (χ0) is 27.4. The summed E-state index contributed by atoms with van der Waals surface area (Å²) in [4.78, 5) is 29.1. The lowest BCUT2D eigenvalue weighted by molar-refractivity contribution is 0.0734. The zero-order valence-corrected chi connectivity index (χ0v) is 22.9. The fraction of sp³-hybridized carbons (Fsp3) is 0.0333. The van der Waals surface area contributed by atoms with E-state index in [-0.39, 0.29) is 0 Å². The van der Waals surface area contributed by atoms with Gasteiger partial charge in [0.05, 0.1) is 18.9 Å². The molecule has 1 heterocycles. The first-order valence-electron chi connectivity index (χ1n) is 11.8. The van der Waals surface area contributed by atoms with E-state index >= 15 is 0 Å². The summed E-state index contributed by atoms with van der Waals surface area (Å²) >= 11 is 10.0. The largest absolute Gasteiger partial charge is 0.497 e. The minimum Gasteiger partial charge on any atom is -0.497 e. The van der Waals surface area contributed by atoms with Crippen molar-refractivity contribution in [3.8, 4) is 22.6 Å². The van der Waals surface area contributed by atoms with Gasteiger partial charge in [0.15, 0.2) is 0 Å². The first-order chi connectivity index (χ1) is 18.9. The highest BCUT2D eigenvalue weighted by molar-refractivity contribution is 9.10. The predicted octanol–water partition coefficient (Wildman–Crippen LogP) is 7.24. The minimum atomic E-state index is -0.531. The molecule has 194 valence electrons. The molecule has 0 aliphatic rings. The Morgan fingerprint density at radius 2 is 1.72 bits per heavy atom. The highest BCUT2D eigenvalue weighted by Gasteiger charge is 2.21. The molecule has 1 aromatic heterocycles. The number of H-pyrrole nitrogens is 1. The van der Waals surface area contributed by atoms with Crippen molar-refractivity contribution in [3.63, 3.8) is 0 Å². The van der Waals surface area contributed by atoms with Crippen LogP contribution in [0.1, 0.15) is 26.4 Å². The van der Waals surface area contributed by atoms with Crippen LogP contribution in [0.4, 0.5) is 0 Å². The molecular formula is C30H21BrClN3O4. The smallest absolute Gasteiger partial charge is 0.343 e. The number of aromatic nitrogens is 1. The number of hydrogen-bond acceptors (Lipinski definition) is 5. The number of benzene rings is 4. The van der Waals surface area contributed by atoms with Gasteiger partial charge in [0, 0.05) is 37.1 Å². The summed E-state index contributed by atoms with van der Waals surface area (Å²) in [6.45, 7) is 0. The fourth-order valence-electron chi connectivity index (χ4n) is 4.06. The van der Waals surface area contributed by atoms with Gasteiger partial charge in [-0.05, 0) is 60.7 Å². The number of ether oxygens (including phenoxy) is 2. The lowest BCUT2D eigenvalue weighted by Gasteiger charge is -2.08. The van der Waals surface area contributed by atoms with Crippen LogP contribution in [-0.2, 0) is 0 Å². The molecule has 0 atom stereocenters. The van der Waals surface area contributed by atoms with Crippen molar-refractivity contribution < 1.29 is 19.1 Å². The number of rotatable bonds is 7. The molecule has 0 aliphatic carbocycles. The molecule has 5 rings (SSSR count). The van der Waals surface area contributed by atoms with Crippen LogP contribution in [0.25, 0.3) is 22.0 Å². The second kappa shape index (κ2) is 11.6. The van der Waals surface area contributed by atoms with E-state index in [1.54, 1.807) is 61.7 Å². The van der Waals surface area contributed by atoms with Gasteiger partial charge in [0.1, 0.15) is 17.2 Å². The molecule has 0 spiro atoms. The Morgan fingerprint density at radius 1 is 0.974 bits per heavy atom. The van der Waals surface area contributed by atoms with E-state index in [9.17, 15) is 9.59 Å². The van der Waals surface area contributed by atoms with E-state index in [1.165, 1.54) is 6.21 Å². The maximum atomic E-state index is 13.3. The summed E-state index contributed by atoms with van der Waals surface area (Å²) in [6, 6.07) is 26.5. The van der Waals surface area contributed by atoms with Crippen LogP contribution in [0.15, 0.2) is 101 Å². The van der Waals surface area contributed by atoms with Gasteiger partial charge in [-0.3, -0.25) is 4.79 Å². The Bertz CT molecular complexity index is 1710. The van der Waals surface area contributed by atoms with Crippen LogP contribution in [0.2, 0.25) is 5.02 Å². The molecule has 9 heteroatoms. The summed E-state index contributed by atoms with van der Waals surface area (Å²) in [6.07, 6.45) is 1.42. The quantitative estimate of drug-likeness (QED) is 0.0889. The Kier molecular flexibility index (Phi) is 7.76. The number of hydrogen-bond donors (Lipinski definition) is 2. The van der Waals surface area contributed by atoms with Crippen LogP contribution in [-0.4, -0.2) is 30.2 Å². The van der Waals surface area contributed by atoms with Gasteiger partial charge in [-0.2, -0.15) is 5.10 Å². The molecule has 0 aliphatic heterocycles. The normalized spacial score (nSPS) is 11.1. The van der Waals surface area contributed by atoms with Crippen LogP contribution < -0.4 is 14.9 Å². The predicted molar refractivity (Wildman–Crippen MR) is 156 cm³/mol. The van der Waals surface area contributed by atoms with Crippen LogP contribution >= 0.6 is 27.5 Å². The van der Waals surface area contributed by atoms with E-state index in [1.807, 2.05) is 36.4 Å². The molecule has 1 amide bonds. The van der Waals surface area contributed by atoms with Crippen LogP contribution in [0.3, 0.4) is 0 Å². The molecule has 2 N–H and O–H groups in total. The van der Waals surface area contributed by atoms with Gasteiger partial charge >= 0.3 is 5.97 Å². The van der Waals surface area contributed by atoms with Gasteiger partial charge in [0.2, 0.25) is 0 Å². The van der Waals surface area contributed by atoms with E-state index < -0.39 is 11.9 Å². The molecule has 0 radical (unpaired) electrons. The van der Waals surface area contributed by atoms with E-state index in [4.69, 9.17) is 21.1 Å². The second-order valence-electron chi connectivity index (χ2n) is 8.40. The third kappa shape index (κ3) is 5.72. The SMILES string of the molecule is COc1ccc(C(=O)Oc2ccccc2C=NNC(=O)c2[nH]c3ccc(Br)cc3c2-c2ccccc2Cl)cc1. The molecule has 0 unspecified atom stereocenters. The van der Waals surface area contributed by atoms with Gasteiger partial charge in [-0.1, -0.05) is 57.9 Å². The average Bonchev–Trinajstić information content (AvgIpc) is 3.32. The van der Waals surface area contributed by atoms with Crippen molar-refractivity contribution in [2.24, 2.45) is 5.10 Å². The number of nitrogens with zero attached hydrogens (tertiary/aromatic N) is 1. The zero-order valence-electron chi connectivity index (χ0n) is 20.6. The number of hydrazone groups is 1. The van der Waals surface area contributed by atoms with Gasteiger partial charge in [-0.15, -0.1) is 0 Å². The number of esters is 1. The molecule has 5 aromatic rings. The molecule has 39 heavy (non-hydrogen) atoms. The van der Waals surface area contributed by atoms with Crippen LogP contribution in [0, 0.1) is 0 Å². The Balaban J connectivity index is 1.39. The minimum absolute atomic E-state index is 0.295. The second-order valence-corrected chi connectivity index (χ2v) is 9.72. The van der Waals surface area contributed by atoms with Crippen molar-refractivity contribution in [2.45, 2.75) is 0 Å². The monoisotopic (exact) mass is 601 g/mol. The third-order valence-corrected chi connectivity index (χ3v) is 6.77. The number of amides is 1. The number of carbonyl (C=O) groups excluding carboxylic acids is 2. The fourth-order valence-corrected chi connectivity index (χ4v) is 4.65. The van der Waals surface area contributed by atoms with Crippen molar-refractivity contribution >= 4 is 56.5 Å². The number of methoxy groups -OCH3 is 1. The van der Waals surface area contributed by atoms with E-state index in [2.05, 4.69) is 31.4 Å². The average molecular weight is 603 g/mol. The molecule has 0 fully saturated rings. The first kappa shape index (κ1) is 26.2. The summed E-state index contributed by atoms with van der Waals surface area (Å²) in [7, 11) is 1.55. The number of para-hydroxylation sites is 1. The summed E-state index contributed by atoms with van der Waals surface area (Å²) in [5, 5.41) is 5.48. The standard InChI is InChI=1S/C30H21BrClN3O4/c1-38-21-13-10-18(11-14-21)30(37)39-26-9-5-2-6-19(26)17-33-35-29(36)28-27(22-7-3-4-8-24(22)32)23-16-20(31)12-15-25(23)34-28/h2-17,34H,1H3,(H,35,36). The van der Waals surface area contributed by atoms with Gasteiger partial charge < -0.3 is 14.5 Å². The van der Waals surface area contributed by atoms with Crippen LogP contribution in [0.5, 0.6) is 11.5 Å². The van der Waals surface area contributed by atoms with Crippen molar-refractivity contribution in [1.29, 1.82) is 0 Å². The molecule has 4 aromatic carbocycles. The molecular weight excluding hydrogens is 582 g/mol. The number of nitrogens with one attached hydrogen (secondary N) is 2. The molecule has 0 saturated carbocycles. The molecule has 7 nitrogen and oxygen atoms in total. The maximum Gasteiger partial charge on any atom is 0.343 e. The Hall–Kier alpha value is -4.40. The third-order valence-electron chi connectivity index (χ3n) is 5.95. The lowest BCUT2D eigenvalue weighted by Crippen LogP contribution is -2.19. The highest BCUT2D eigenvalue weighted by Crippen LogP contribution is 2.37. The molecule has 0 bridgehead atoms. The summed E-state index contributed by atoms with van der Waals surface area (Å²) in [5.41, 5.74) is 5.91. The van der Waals surface area contributed by atoms with Gasteiger partial charge in [-0.25, -0.2) is 10.2 Å². The molecule has 0 saturated heterocycles. The number of aromatic amines is 1. The number of halogens is 2. The van der Waals surface area contributed by atoms with E-state index in [0.29, 0.717) is 44.5 Å². The van der Waals surface area contributed by atoms with Gasteiger partial charge in [0.25, 0.3) is 5.91 Å². The maximum absolute atomic E-state index is 13.3. The van der Waals surface area contributed by atoms with E-state index in [0.717, 1.165) is 15.4 Å². The number of fused-ring (bicyclic) bond motifs is 1. The highest BCUT2D eigenvalue weighted by atomic mass is 79.9. The Morgan fingerprint density at radius 3 is 2.49 bits per heavy atom. The number of carbonyl (C=O) groups is 2. The van der Waals surface area contributed by atoms with Crippen molar-refractivity contribution in [3.05, 3.63) is 117 Å². The Labute approximate surface area is 237 Å². The lowest BCUT2D eigenvalue weighted by atomic mass is 10.0. The summed E-state index contributed by atoms with van der Waals surface area (Å²) in [5.74, 6) is -0.0593. The van der Waals surface area contributed by atoms with Crippen molar-refractivity contribution in [1.82, 2.24) is 10.4 Å². The summed E-state index contributed by atoms with van der Waals surface area (Å²) < 4.78 is 11.6. The first-order valence-corrected chi connectivity index (χ1v) is 13.0.